The van der Waals surface area contributed by atoms with E-state index in [-0.39, 0.29) is 54.6 Å². The SMILES string of the molecule is Cc1ccc2nc(CN(C)C(=O)[C@H]3[C@@H]4CNC[C@@H](C4)[C@@H]4CCCC(=O)N43)[nH]c2c1.Cl.Cl. The molecule has 2 bridgehead atoms. The van der Waals surface area contributed by atoms with Gasteiger partial charge in [-0.05, 0) is 56.3 Å². The summed E-state index contributed by atoms with van der Waals surface area (Å²) in [6, 6.07) is 5.96. The molecule has 0 unspecified atom stereocenters. The molecule has 7 nitrogen and oxygen atoms in total. The summed E-state index contributed by atoms with van der Waals surface area (Å²) in [6.45, 7) is 4.23. The Labute approximate surface area is 195 Å². The van der Waals surface area contributed by atoms with Crippen molar-refractivity contribution in [2.75, 3.05) is 20.1 Å². The molecule has 0 aliphatic carbocycles. The lowest BCUT2D eigenvalue weighted by molar-refractivity contribution is -0.161. The Hall–Kier alpha value is -1.83. The number of aromatic amines is 1. The van der Waals surface area contributed by atoms with E-state index < -0.39 is 0 Å². The third-order valence-corrected chi connectivity index (χ3v) is 6.95. The minimum absolute atomic E-state index is 0. The predicted molar refractivity (Wildman–Crippen MR) is 125 cm³/mol. The number of carbonyl (C=O) groups excluding carboxylic acids is 2. The van der Waals surface area contributed by atoms with Crippen molar-refractivity contribution in [3.8, 4) is 0 Å². The highest BCUT2D eigenvalue weighted by atomic mass is 35.5. The molecule has 0 spiro atoms. The van der Waals surface area contributed by atoms with Crippen LogP contribution in [0.25, 0.3) is 11.0 Å². The number of nitrogens with one attached hydrogen (secondary N) is 2. The number of halogens is 2. The Morgan fingerprint density at radius 3 is 2.84 bits per heavy atom. The molecule has 3 aliphatic rings. The van der Waals surface area contributed by atoms with Crippen molar-refractivity contribution in [2.45, 2.75) is 51.2 Å². The van der Waals surface area contributed by atoms with E-state index in [4.69, 9.17) is 0 Å². The second kappa shape index (κ2) is 9.35. The van der Waals surface area contributed by atoms with Gasteiger partial charge < -0.3 is 20.1 Å². The number of rotatable bonds is 3. The summed E-state index contributed by atoms with van der Waals surface area (Å²) >= 11 is 0. The zero-order valence-corrected chi connectivity index (χ0v) is 19.6. The van der Waals surface area contributed by atoms with Crippen LogP contribution in [0.2, 0.25) is 0 Å². The highest BCUT2D eigenvalue weighted by Crippen LogP contribution is 2.40. The van der Waals surface area contributed by atoms with Crippen molar-refractivity contribution in [1.29, 1.82) is 0 Å². The normalized spacial score (nSPS) is 27.2. The molecule has 4 heterocycles. The number of piperidine rings is 3. The maximum atomic E-state index is 13.5. The minimum atomic E-state index is -0.353. The number of aryl methyl sites for hydroxylation is 1. The van der Waals surface area contributed by atoms with Crippen LogP contribution in [-0.4, -0.2) is 63.8 Å². The molecule has 31 heavy (non-hydrogen) atoms. The molecular formula is C22H31Cl2N5O2. The van der Waals surface area contributed by atoms with Gasteiger partial charge in [0.1, 0.15) is 11.9 Å². The zero-order valence-electron chi connectivity index (χ0n) is 18.0. The lowest BCUT2D eigenvalue weighted by Crippen LogP contribution is -2.68. The number of carbonyl (C=O) groups is 2. The molecule has 9 heteroatoms. The predicted octanol–water partition coefficient (Wildman–Crippen LogP) is 2.66. The first kappa shape index (κ1) is 23.8. The molecule has 170 valence electrons. The maximum absolute atomic E-state index is 13.5. The van der Waals surface area contributed by atoms with E-state index in [1.165, 1.54) is 5.56 Å². The third-order valence-electron chi connectivity index (χ3n) is 6.95. The number of nitrogens with zero attached hydrogens (tertiary/aromatic N) is 3. The van der Waals surface area contributed by atoms with Gasteiger partial charge in [0.05, 0.1) is 17.6 Å². The molecule has 5 rings (SSSR count). The number of imidazole rings is 1. The van der Waals surface area contributed by atoms with Crippen LogP contribution in [-0.2, 0) is 16.1 Å². The summed E-state index contributed by atoms with van der Waals surface area (Å²) in [5.74, 6) is 1.64. The molecule has 0 radical (unpaired) electrons. The van der Waals surface area contributed by atoms with Crippen LogP contribution in [0.1, 0.15) is 37.1 Å². The number of likely N-dealkylation sites (N-methyl/N-ethyl adjacent to an activating group) is 1. The Bertz CT molecular complexity index is 965. The van der Waals surface area contributed by atoms with Crippen LogP contribution in [0.5, 0.6) is 0 Å². The van der Waals surface area contributed by atoms with Crippen molar-refractivity contribution in [2.24, 2.45) is 11.8 Å². The van der Waals surface area contributed by atoms with Crippen LogP contribution >= 0.6 is 24.8 Å². The number of hydrogen-bond donors (Lipinski definition) is 2. The number of amides is 2. The van der Waals surface area contributed by atoms with Crippen molar-refractivity contribution in [3.63, 3.8) is 0 Å². The molecule has 3 fully saturated rings. The second-order valence-corrected chi connectivity index (χ2v) is 9.02. The van der Waals surface area contributed by atoms with E-state index in [9.17, 15) is 9.59 Å². The van der Waals surface area contributed by atoms with Gasteiger partial charge in [-0.25, -0.2) is 4.98 Å². The Balaban J connectivity index is 0.00000136. The van der Waals surface area contributed by atoms with Crippen LogP contribution < -0.4 is 5.32 Å². The number of H-pyrrole nitrogens is 1. The third kappa shape index (κ3) is 4.28. The largest absolute Gasteiger partial charge is 0.340 e. The fraction of sp³-hybridized carbons (Fsp3) is 0.591. The molecule has 2 amide bonds. The van der Waals surface area contributed by atoms with Gasteiger partial charge in [-0.3, -0.25) is 9.59 Å². The lowest BCUT2D eigenvalue weighted by Gasteiger charge is -2.54. The molecule has 3 aliphatic heterocycles. The van der Waals surface area contributed by atoms with Gasteiger partial charge in [0.15, 0.2) is 0 Å². The minimum Gasteiger partial charge on any atom is -0.340 e. The quantitative estimate of drug-likeness (QED) is 0.726. The summed E-state index contributed by atoms with van der Waals surface area (Å²) in [4.78, 5) is 38.0. The van der Waals surface area contributed by atoms with Gasteiger partial charge in [-0.1, -0.05) is 6.07 Å². The van der Waals surface area contributed by atoms with E-state index in [1.54, 1.807) is 4.90 Å². The van der Waals surface area contributed by atoms with E-state index >= 15 is 0 Å². The van der Waals surface area contributed by atoms with Gasteiger partial charge in [0.25, 0.3) is 0 Å². The fourth-order valence-electron chi connectivity index (χ4n) is 5.61. The molecule has 0 saturated carbocycles. The smallest absolute Gasteiger partial charge is 0.245 e. The molecule has 1 aromatic heterocycles. The molecule has 3 saturated heterocycles. The van der Waals surface area contributed by atoms with Crippen LogP contribution in [0.15, 0.2) is 18.2 Å². The van der Waals surface area contributed by atoms with Gasteiger partial charge in [-0.15, -0.1) is 24.8 Å². The number of aromatic nitrogens is 2. The van der Waals surface area contributed by atoms with Crippen molar-refractivity contribution in [1.82, 2.24) is 25.1 Å². The van der Waals surface area contributed by atoms with Gasteiger partial charge in [-0.2, -0.15) is 0 Å². The summed E-state index contributed by atoms with van der Waals surface area (Å²) in [7, 11) is 1.83. The van der Waals surface area contributed by atoms with Gasteiger partial charge in [0.2, 0.25) is 11.8 Å². The highest BCUT2D eigenvalue weighted by molar-refractivity contribution is 5.89. The first-order valence-electron chi connectivity index (χ1n) is 10.7. The molecule has 4 atom stereocenters. The molecule has 1 aromatic carbocycles. The van der Waals surface area contributed by atoms with Gasteiger partial charge >= 0.3 is 0 Å². The van der Waals surface area contributed by atoms with Crippen LogP contribution in [0, 0.1) is 18.8 Å². The van der Waals surface area contributed by atoms with Crippen LogP contribution in [0.4, 0.5) is 0 Å². The number of benzene rings is 1. The average molecular weight is 468 g/mol. The summed E-state index contributed by atoms with van der Waals surface area (Å²) < 4.78 is 0. The highest BCUT2D eigenvalue weighted by Gasteiger charge is 2.51. The van der Waals surface area contributed by atoms with Crippen molar-refractivity contribution < 1.29 is 9.59 Å². The zero-order chi connectivity index (χ0) is 20.1. The van der Waals surface area contributed by atoms with E-state index in [2.05, 4.69) is 28.3 Å². The van der Waals surface area contributed by atoms with E-state index in [1.807, 2.05) is 24.1 Å². The second-order valence-electron chi connectivity index (χ2n) is 9.02. The fourth-order valence-corrected chi connectivity index (χ4v) is 5.61. The summed E-state index contributed by atoms with van der Waals surface area (Å²) in [5.41, 5.74) is 3.08. The van der Waals surface area contributed by atoms with E-state index in [0.717, 1.165) is 49.2 Å². The van der Waals surface area contributed by atoms with Crippen molar-refractivity contribution in [3.05, 3.63) is 29.6 Å². The lowest BCUT2D eigenvalue weighted by atomic mass is 9.72. The average Bonchev–Trinajstić information content (AvgIpc) is 3.10. The van der Waals surface area contributed by atoms with E-state index in [0.29, 0.717) is 18.9 Å². The maximum Gasteiger partial charge on any atom is 0.245 e. The van der Waals surface area contributed by atoms with Gasteiger partial charge in [0, 0.05) is 32.0 Å². The summed E-state index contributed by atoms with van der Waals surface area (Å²) in [6.07, 6.45) is 3.56. The molecular weight excluding hydrogens is 437 g/mol. The molecule has 2 N–H and O–H groups in total. The number of hydrogen-bond acceptors (Lipinski definition) is 4. The first-order valence-corrected chi connectivity index (χ1v) is 10.7. The first-order chi connectivity index (χ1) is 14.0. The monoisotopic (exact) mass is 467 g/mol. The Morgan fingerprint density at radius 2 is 2.03 bits per heavy atom. The molecule has 2 aromatic rings. The summed E-state index contributed by atoms with van der Waals surface area (Å²) in [5, 5.41) is 3.50. The van der Waals surface area contributed by atoms with Crippen molar-refractivity contribution >= 4 is 47.7 Å². The Morgan fingerprint density at radius 1 is 1.26 bits per heavy atom. The topological polar surface area (TPSA) is 81.3 Å². The van der Waals surface area contributed by atoms with Crippen LogP contribution in [0.3, 0.4) is 0 Å². The Kier molecular flexibility index (Phi) is 7.18. The number of fused-ring (bicyclic) bond motifs is 5. The standard InChI is InChI=1S/C22H29N5O2.2ClH/c1-13-6-7-16-17(8-13)25-19(24-16)12-26(2)22(29)21-15-9-14(10-23-11-15)18-4-3-5-20(28)27(18)21;;/h6-8,14-15,18,21,23H,3-5,9-12H2,1-2H3,(H,24,25);2*1H/t14-,15+,18+,21-;;/m1../s1.